The molecule has 0 saturated carbocycles. The second-order valence-corrected chi connectivity index (χ2v) is 1.99. The first-order chi connectivity index (χ1) is 2.79. The smallest absolute Gasteiger partial charge is 0.0575 e. The molecule has 0 bridgehead atoms. The van der Waals surface area contributed by atoms with Crippen LogP contribution in [0, 0.1) is 0 Å². The van der Waals surface area contributed by atoms with E-state index in [1.165, 1.54) is 6.42 Å². The molecule has 1 heteroatoms. The Morgan fingerprint density at radius 3 is 1.67 bits per heavy atom. The van der Waals surface area contributed by atoms with Crippen molar-refractivity contribution < 1.29 is 4.74 Å². The highest BCUT2D eigenvalue weighted by Crippen LogP contribution is 2.17. The zero-order chi connectivity index (χ0) is 4.57. The van der Waals surface area contributed by atoms with Crippen molar-refractivity contribution in [3.05, 3.63) is 0 Å². The normalized spacial score (nSPS) is 45.0. The van der Waals surface area contributed by atoms with E-state index in [1.807, 2.05) is 0 Å². The quantitative estimate of drug-likeness (QED) is 0.430. The Morgan fingerprint density at radius 2 is 1.67 bits per heavy atom. The lowest BCUT2D eigenvalue weighted by Crippen LogP contribution is -2.31. The molecule has 2 atom stereocenters. The second kappa shape index (κ2) is 1.23. The van der Waals surface area contributed by atoms with Crippen LogP contribution >= 0.6 is 0 Å². The topological polar surface area (TPSA) is 9.23 Å². The number of rotatable bonds is 0. The van der Waals surface area contributed by atoms with Gasteiger partial charge in [0, 0.05) is 0 Å². The molecule has 0 aromatic heterocycles. The molecule has 0 spiro atoms. The highest BCUT2D eigenvalue weighted by atomic mass is 16.5. The summed E-state index contributed by atoms with van der Waals surface area (Å²) in [7, 11) is 0. The molecule has 0 aromatic rings. The summed E-state index contributed by atoms with van der Waals surface area (Å²) < 4.78 is 5.14. The lowest BCUT2D eigenvalue weighted by atomic mass is 10.1. The first-order valence-corrected chi connectivity index (χ1v) is 2.44. The summed E-state index contributed by atoms with van der Waals surface area (Å²) in [6.07, 6.45) is 2.33. The molecule has 1 saturated heterocycles. The maximum absolute atomic E-state index is 5.14. The van der Waals surface area contributed by atoms with Gasteiger partial charge in [0.05, 0.1) is 12.2 Å². The summed E-state index contributed by atoms with van der Waals surface area (Å²) in [5, 5.41) is 0. The number of hydrogen-bond donors (Lipinski definition) is 0. The van der Waals surface area contributed by atoms with Crippen LogP contribution in [0.15, 0.2) is 0 Å². The average Bonchev–Trinajstić information content (AvgIpc) is 1.33. The fraction of sp³-hybridized carbons (Fsp3) is 1.00. The lowest BCUT2D eigenvalue weighted by molar-refractivity contribution is -0.102. The van der Waals surface area contributed by atoms with E-state index in [9.17, 15) is 0 Å². The average molecular weight is 86.1 g/mol. The standard InChI is InChI=1S/C5H10O/c1-4-3-5(2)6-4/h4-5H,3H2,1-2H3/t4-,5-/m0/s1. The molecule has 0 N–H and O–H groups in total. The first-order valence-electron chi connectivity index (χ1n) is 2.44. The van der Waals surface area contributed by atoms with Gasteiger partial charge in [0.1, 0.15) is 0 Å². The fourth-order valence-corrected chi connectivity index (χ4v) is 0.853. The van der Waals surface area contributed by atoms with Crippen LogP contribution in [0.3, 0.4) is 0 Å². The molecular weight excluding hydrogens is 76.1 g/mol. The van der Waals surface area contributed by atoms with Gasteiger partial charge >= 0.3 is 0 Å². The van der Waals surface area contributed by atoms with Gasteiger partial charge in [0.25, 0.3) is 0 Å². The van der Waals surface area contributed by atoms with Crippen LogP contribution in [0.5, 0.6) is 0 Å². The predicted molar refractivity (Wildman–Crippen MR) is 24.6 cm³/mol. The van der Waals surface area contributed by atoms with Crippen LogP contribution < -0.4 is 0 Å². The molecule has 0 aromatic carbocycles. The Labute approximate surface area is 38.3 Å². The van der Waals surface area contributed by atoms with Crippen LogP contribution in [0.25, 0.3) is 0 Å². The Bertz CT molecular complexity index is 39.9. The van der Waals surface area contributed by atoms with Gasteiger partial charge in [-0.05, 0) is 20.3 Å². The number of hydrogen-bond acceptors (Lipinski definition) is 1. The van der Waals surface area contributed by atoms with Gasteiger partial charge in [-0.2, -0.15) is 0 Å². The molecule has 1 nitrogen and oxygen atoms in total. The van der Waals surface area contributed by atoms with E-state index in [0.717, 1.165) is 0 Å². The molecule has 1 rings (SSSR count). The van der Waals surface area contributed by atoms with Gasteiger partial charge in [0.15, 0.2) is 0 Å². The summed E-state index contributed by atoms with van der Waals surface area (Å²) in [5.74, 6) is 0. The lowest BCUT2D eigenvalue weighted by Gasteiger charge is -2.30. The van der Waals surface area contributed by atoms with Crippen molar-refractivity contribution in [1.82, 2.24) is 0 Å². The Hall–Kier alpha value is -0.0400. The molecule has 0 amide bonds. The maximum Gasteiger partial charge on any atom is 0.0575 e. The van der Waals surface area contributed by atoms with E-state index in [4.69, 9.17) is 4.74 Å². The summed E-state index contributed by atoms with van der Waals surface area (Å²) in [6.45, 7) is 4.19. The van der Waals surface area contributed by atoms with Gasteiger partial charge in [-0.3, -0.25) is 0 Å². The summed E-state index contributed by atoms with van der Waals surface area (Å²) in [5.41, 5.74) is 0. The SMILES string of the molecule is C[C@H]1C[C@H](C)O1. The van der Waals surface area contributed by atoms with Crippen LogP contribution in [0.4, 0.5) is 0 Å². The molecular formula is C5H10O. The van der Waals surface area contributed by atoms with Gasteiger partial charge in [-0.15, -0.1) is 0 Å². The zero-order valence-corrected chi connectivity index (χ0v) is 4.27. The van der Waals surface area contributed by atoms with Crippen molar-refractivity contribution >= 4 is 0 Å². The molecule has 6 heavy (non-hydrogen) atoms. The van der Waals surface area contributed by atoms with E-state index in [-0.39, 0.29) is 0 Å². The van der Waals surface area contributed by atoms with Crippen molar-refractivity contribution in [2.24, 2.45) is 0 Å². The summed E-state index contributed by atoms with van der Waals surface area (Å²) >= 11 is 0. The fourth-order valence-electron chi connectivity index (χ4n) is 0.853. The Balaban J connectivity index is 2.11. The molecule has 0 unspecified atom stereocenters. The zero-order valence-electron chi connectivity index (χ0n) is 4.27. The van der Waals surface area contributed by atoms with Gasteiger partial charge < -0.3 is 4.74 Å². The second-order valence-electron chi connectivity index (χ2n) is 1.99. The third-order valence-electron chi connectivity index (χ3n) is 1.13. The minimum absolute atomic E-state index is 0.542. The highest BCUT2D eigenvalue weighted by Gasteiger charge is 2.20. The summed E-state index contributed by atoms with van der Waals surface area (Å²) in [6, 6.07) is 0. The van der Waals surface area contributed by atoms with Crippen LogP contribution in [0.2, 0.25) is 0 Å². The van der Waals surface area contributed by atoms with Crippen molar-refractivity contribution in [3.8, 4) is 0 Å². The monoisotopic (exact) mass is 86.1 g/mol. The Kier molecular flexibility index (Phi) is 0.845. The van der Waals surface area contributed by atoms with E-state index >= 15 is 0 Å². The van der Waals surface area contributed by atoms with Crippen LogP contribution in [-0.4, -0.2) is 12.2 Å². The molecule has 36 valence electrons. The maximum atomic E-state index is 5.14. The minimum Gasteiger partial charge on any atom is -0.375 e. The van der Waals surface area contributed by atoms with Crippen molar-refractivity contribution in [2.75, 3.05) is 0 Å². The minimum atomic E-state index is 0.542. The van der Waals surface area contributed by atoms with Crippen LogP contribution in [-0.2, 0) is 4.74 Å². The van der Waals surface area contributed by atoms with Gasteiger partial charge in [-0.25, -0.2) is 0 Å². The van der Waals surface area contributed by atoms with Gasteiger partial charge in [-0.1, -0.05) is 0 Å². The van der Waals surface area contributed by atoms with E-state index < -0.39 is 0 Å². The van der Waals surface area contributed by atoms with Crippen molar-refractivity contribution in [3.63, 3.8) is 0 Å². The summed E-state index contributed by atoms with van der Waals surface area (Å²) in [4.78, 5) is 0. The molecule has 1 aliphatic rings. The molecule has 0 aliphatic carbocycles. The molecule has 1 aliphatic heterocycles. The van der Waals surface area contributed by atoms with E-state index in [1.54, 1.807) is 0 Å². The van der Waals surface area contributed by atoms with Gasteiger partial charge in [0.2, 0.25) is 0 Å². The number of ether oxygens (including phenoxy) is 1. The molecule has 1 heterocycles. The molecule has 1 fully saturated rings. The third kappa shape index (κ3) is 0.548. The van der Waals surface area contributed by atoms with Crippen molar-refractivity contribution in [2.45, 2.75) is 32.5 Å². The van der Waals surface area contributed by atoms with Crippen molar-refractivity contribution in [1.29, 1.82) is 0 Å². The third-order valence-corrected chi connectivity index (χ3v) is 1.13. The largest absolute Gasteiger partial charge is 0.375 e. The Morgan fingerprint density at radius 1 is 1.33 bits per heavy atom. The van der Waals surface area contributed by atoms with E-state index in [2.05, 4.69) is 13.8 Å². The molecule has 0 radical (unpaired) electrons. The van der Waals surface area contributed by atoms with E-state index in [0.29, 0.717) is 12.2 Å². The first kappa shape index (κ1) is 4.13. The highest BCUT2D eigenvalue weighted by molar-refractivity contribution is 4.67. The van der Waals surface area contributed by atoms with Crippen LogP contribution in [0.1, 0.15) is 20.3 Å². The predicted octanol–water partition coefficient (Wildman–Crippen LogP) is 1.18.